The van der Waals surface area contributed by atoms with Crippen LogP contribution in [-0.4, -0.2) is 76.8 Å². The molecule has 14 heteroatoms. The van der Waals surface area contributed by atoms with Crippen molar-refractivity contribution in [1.82, 2.24) is 20.2 Å². The Kier molecular flexibility index (Phi) is 9.19. The number of hydrogen-bond donors (Lipinski definition) is 5. The van der Waals surface area contributed by atoms with E-state index in [2.05, 4.69) is 26.3 Å². The number of aromatic nitrogens is 2. The number of carbonyl (C=O) groups is 2. The number of carbonyl (C=O) groups excluding carboxylic acids is 2. The summed E-state index contributed by atoms with van der Waals surface area (Å²) in [6.45, 7) is -0.768. The lowest BCUT2D eigenvalue weighted by atomic mass is 9.86. The summed E-state index contributed by atoms with van der Waals surface area (Å²) in [7, 11) is 0. The van der Waals surface area contributed by atoms with Gasteiger partial charge in [-0.3, -0.25) is 9.79 Å². The van der Waals surface area contributed by atoms with Gasteiger partial charge in [-0.15, -0.1) is 0 Å². The van der Waals surface area contributed by atoms with Gasteiger partial charge in [0, 0.05) is 49.4 Å². The molecule has 1 unspecified atom stereocenters. The molecule has 1 aromatic carbocycles. The summed E-state index contributed by atoms with van der Waals surface area (Å²) in [5.74, 6) is 0.239. The highest BCUT2D eigenvalue weighted by atomic mass is 19.4. The molecule has 11 nitrogen and oxygen atoms in total. The number of likely N-dealkylation sites (tertiary alicyclic amines) is 1. The lowest BCUT2D eigenvalue weighted by molar-refractivity contribution is -0.138. The third-order valence-corrected chi connectivity index (χ3v) is 6.91. The van der Waals surface area contributed by atoms with Gasteiger partial charge in [0.25, 0.3) is 0 Å². The van der Waals surface area contributed by atoms with Gasteiger partial charge in [0.05, 0.1) is 30.3 Å². The van der Waals surface area contributed by atoms with Crippen LogP contribution in [0.1, 0.15) is 31.5 Å². The SMILES string of the molecule is N#CCC1(N=CC(C=N)/C(C=N)=C/c2ncc(-c3cccc(NC(=O)NCC(F)(F)F)c3)[nH]2)CN(C(=O)CC2CC2)C1. The molecule has 2 heterocycles. The highest BCUT2D eigenvalue weighted by molar-refractivity contribution is 5.99. The predicted octanol–water partition coefficient (Wildman–Crippen LogP) is 4.42. The van der Waals surface area contributed by atoms with E-state index in [1.807, 2.05) is 0 Å². The Balaban J connectivity index is 1.42. The van der Waals surface area contributed by atoms with Crippen LogP contribution in [0.4, 0.5) is 23.7 Å². The second-order valence-corrected chi connectivity index (χ2v) is 10.4. The molecule has 1 saturated carbocycles. The van der Waals surface area contributed by atoms with Gasteiger partial charge in [-0.05, 0) is 42.5 Å². The molecule has 2 aliphatic rings. The van der Waals surface area contributed by atoms with Crippen molar-refractivity contribution in [1.29, 1.82) is 16.1 Å². The maximum Gasteiger partial charge on any atom is 0.405 e. The molecule has 4 rings (SSSR count). The molecule has 1 atom stereocenters. The summed E-state index contributed by atoms with van der Waals surface area (Å²) in [4.78, 5) is 37.9. The molecule has 220 valence electrons. The first-order valence-corrected chi connectivity index (χ1v) is 13.2. The van der Waals surface area contributed by atoms with E-state index >= 15 is 0 Å². The first kappa shape index (κ1) is 30.2. The summed E-state index contributed by atoms with van der Waals surface area (Å²) in [5.41, 5.74) is 1.08. The number of H-pyrrole nitrogens is 1. The lowest BCUT2D eigenvalue weighted by Crippen LogP contribution is -2.62. The number of benzene rings is 1. The van der Waals surface area contributed by atoms with Gasteiger partial charge in [-0.25, -0.2) is 9.78 Å². The number of allylic oxidation sites excluding steroid dienone is 1. The van der Waals surface area contributed by atoms with Crippen LogP contribution in [0.2, 0.25) is 0 Å². The van der Waals surface area contributed by atoms with Crippen molar-refractivity contribution in [3.63, 3.8) is 0 Å². The number of aromatic amines is 1. The van der Waals surface area contributed by atoms with E-state index in [4.69, 9.17) is 10.8 Å². The van der Waals surface area contributed by atoms with Crippen LogP contribution in [0.3, 0.4) is 0 Å². The van der Waals surface area contributed by atoms with E-state index in [1.165, 1.54) is 18.5 Å². The fraction of sp³-hybridized carbons (Fsp3) is 0.393. The molecule has 2 fully saturated rings. The molecule has 1 saturated heterocycles. The van der Waals surface area contributed by atoms with Gasteiger partial charge in [0.15, 0.2) is 0 Å². The zero-order valence-electron chi connectivity index (χ0n) is 22.5. The smallest absolute Gasteiger partial charge is 0.338 e. The van der Waals surface area contributed by atoms with Crippen molar-refractivity contribution in [3.05, 3.63) is 41.9 Å². The van der Waals surface area contributed by atoms with Gasteiger partial charge in [-0.1, -0.05) is 12.1 Å². The second kappa shape index (κ2) is 12.8. The Bertz CT molecular complexity index is 1430. The van der Waals surface area contributed by atoms with Gasteiger partial charge in [0.2, 0.25) is 5.91 Å². The summed E-state index contributed by atoms with van der Waals surface area (Å²) in [6.07, 6.45) is 5.11. The van der Waals surface area contributed by atoms with Gasteiger partial charge < -0.3 is 31.3 Å². The average Bonchev–Trinajstić information content (AvgIpc) is 3.62. The monoisotopic (exact) mass is 581 g/mol. The van der Waals surface area contributed by atoms with Gasteiger partial charge in [-0.2, -0.15) is 18.4 Å². The van der Waals surface area contributed by atoms with Crippen LogP contribution in [-0.2, 0) is 4.79 Å². The second-order valence-electron chi connectivity index (χ2n) is 10.4. The molecule has 2 aromatic rings. The maximum atomic E-state index is 12.4. The number of aliphatic imine (C=N–C) groups is 1. The van der Waals surface area contributed by atoms with Gasteiger partial charge in [0.1, 0.15) is 17.9 Å². The minimum Gasteiger partial charge on any atom is -0.338 e. The van der Waals surface area contributed by atoms with Crippen LogP contribution >= 0.6 is 0 Å². The van der Waals surface area contributed by atoms with E-state index in [0.717, 1.165) is 25.3 Å². The van der Waals surface area contributed by atoms with Crippen LogP contribution in [0.5, 0.6) is 0 Å². The Morgan fingerprint density at radius 2 is 2.07 bits per heavy atom. The van der Waals surface area contributed by atoms with Crippen LogP contribution < -0.4 is 10.6 Å². The van der Waals surface area contributed by atoms with Crippen molar-refractivity contribution >= 4 is 42.3 Å². The van der Waals surface area contributed by atoms with Crippen LogP contribution in [0.25, 0.3) is 17.3 Å². The molecule has 1 aromatic heterocycles. The van der Waals surface area contributed by atoms with E-state index in [0.29, 0.717) is 48.1 Å². The third-order valence-electron chi connectivity index (χ3n) is 6.91. The van der Waals surface area contributed by atoms with Gasteiger partial charge >= 0.3 is 12.2 Å². The van der Waals surface area contributed by atoms with E-state index in [1.54, 1.807) is 34.5 Å². The molecule has 5 N–H and O–H groups in total. The molecular weight excluding hydrogens is 551 g/mol. The fourth-order valence-corrected chi connectivity index (χ4v) is 4.46. The molecule has 42 heavy (non-hydrogen) atoms. The van der Waals surface area contributed by atoms with Crippen molar-refractivity contribution in [3.8, 4) is 17.3 Å². The number of halogens is 3. The fourth-order valence-electron chi connectivity index (χ4n) is 4.46. The van der Waals surface area contributed by atoms with Crippen molar-refractivity contribution < 1.29 is 22.8 Å². The predicted molar refractivity (Wildman–Crippen MR) is 152 cm³/mol. The summed E-state index contributed by atoms with van der Waals surface area (Å²) in [5, 5.41) is 29.2. The van der Waals surface area contributed by atoms with E-state index < -0.39 is 30.2 Å². The minimum absolute atomic E-state index is 0.0737. The molecule has 0 bridgehead atoms. The van der Waals surface area contributed by atoms with Crippen LogP contribution in [0.15, 0.2) is 41.0 Å². The number of anilines is 1. The minimum atomic E-state index is -4.52. The molecule has 0 radical (unpaired) electrons. The number of rotatable bonds is 12. The third kappa shape index (κ3) is 8.12. The number of nitrogens with zero attached hydrogens (tertiary/aromatic N) is 4. The maximum absolute atomic E-state index is 12.4. The highest BCUT2D eigenvalue weighted by Crippen LogP contribution is 2.36. The highest BCUT2D eigenvalue weighted by Gasteiger charge is 2.45. The van der Waals surface area contributed by atoms with Crippen molar-refractivity contribution in [2.75, 3.05) is 25.0 Å². The zero-order valence-corrected chi connectivity index (χ0v) is 22.5. The first-order valence-electron chi connectivity index (χ1n) is 13.2. The molecule has 1 aliphatic carbocycles. The Hall–Kier alpha value is -4.80. The molecular formula is C28H30F3N9O2. The van der Waals surface area contributed by atoms with Crippen LogP contribution in [0, 0.1) is 34.0 Å². The Morgan fingerprint density at radius 1 is 1.31 bits per heavy atom. The quantitative estimate of drug-likeness (QED) is 0.234. The first-order chi connectivity index (χ1) is 20.0. The standard InChI is InChI=1S/C28H30F3N9O2/c29-28(30,31)15-36-26(42)38-22-3-1-2-19(9-22)23-14-35-24(39-23)10-20(11-33)21(12-34)13-37-27(6-7-32)16-40(17-27)25(41)8-18-4-5-18/h1-3,9-14,18,21,33-34H,4-6,8,15-17H2,(H,35,39)(H2,36,38,42)/b20-10+,33-11?,34-12?,37-13?. The normalized spacial score (nSPS) is 17.2. The average molecular weight is 582 g/mol. The number of hydrogen-bond acceptors (Lipinski definition) is 7. The molecule has 1 aliphatic heterocycles. The summed E-state index contributed by atoms with van der Waals surface area (Å²) < 4.78 is 37.0. The number of urea groups is 1. The Labute approximate surface area is 239 Å². The largest absolute Gasteiger partial charge is 0.405 e. The van der Waals surface area contributed by atoms with E-state index in [9.17, 15) is 28.0 Å². The zero-order chi connectivity index (χ0) is 30.3. The number of nitriles is 1. The number of amides is 3. The summed E-state index contributed by atoms with van der Waals surface area (Å²) >= 11 is 0. The number of alkyl halides is 3. The number of nitrogens with one attached hydrogen (secondary N) is 5. The summed E-state index contributed by atoms with van der Waals surface area (Å²) in [6, 6.07) is 7.56. The Morgan fingerprint density at radius 3 is 2.71 bits per heavy atom. The number of imidazole rings is 1. The molecule has 3 amide bonds. The topological polar surface area (TPSA) is 174 Å². The molecule has 0 spiro atoms. The van der Waals surface area contributed by atoms with Crippen molar-refractivity contribution in [2.45, 2.75) is 37.4 Å². The van der Waals surface area contributed by atoms with Crippen molar-refractivity contribution in [2.24, 2.45) is 16.8 Å². The van der Waals surface area contributed by atoms with E-state index in [-0.39, 0.29) is 18.0 Å². The lowest BCUT2D eigenvalue weighted by Gasteiger charge is -2.46.